The fourth-order valence-corrected chi connectivity index (χ4v) is 3.86. The Labute approximate surface area is 139 Å². The second-order valence-electron chi connectivity index (χ2n) is 5.77. The van der Waals surface area contributed by atoms with E-state index in [4.69, 9.17) is 5.11 Å². The Morgan fingerprint density at radius 1 is 0.714 bits per heavy atom. The molecule has 0 radical (unpaired) electrons. The molecular weight excluding hydrogens is 300 g/mol. The highest BCUT2D eigenvalue weighted by Gasteiger charge is 1.98. The van der Waals surface area contributed by atoms with E-state index in [0.717, 1.165) is 23.0 Å². The minimum Gasteiger partial charge on any atom is -0.473 e. The fourth-order valence-electron chi connectivity index (χ4n) is 2.45. The zero-order valence-electron chi connectivity index (χ0n) is 13.8. The summed E-state index contributed by atoms with van der Waals surface area (Å²) >= 11 is 0. The van der Waals surface area contributed by atoms with Crippen LogP contribution in [0.3, 0.4) is 0 Å². The van der Waals surface area contributed by atoms with Crippen LogP contribution >= 0.6 is 21.6 Å². The molecule has 2 nitrogen and oxygen atoms in total. The molecule has 126 valence electrons. The Morgan fingerprint density at radius 3 is 1.48 bits per heavy atom. The number of unbranched alkanes of at least 4 members (excludes halogenated alkanes) is 13. The molecule has 0 spiro atoms. The van der Waals surface area contributed by atoms with Gasteiger partial charge in [0.05, 0.1) is 0 Å². The van der Waals surface area contributed by atoms with Crippen LogP contribution in [0.2, 0.25) is 0 Å². The maximum atomic E-state index is 10.3. The highest BCUT2D eigenvalue weighted by molar-refractivity contribution is 8.82. The predicted octanol–water partition coefficient (Wildman–Crippen LogP) is 7.53. The van der Waals surface area contributed by atoms with E-state index in [1.54, 1.807) is 0 Å². The molecule has 0 aromatic heterocycles. The summed E-state index contributed by atoms with van der Waals surface area (Å²) < 4.78 is 0. The lowest BCUT2D eigenvalue weighted by Gasteiger charge is -2.03. The van der Waals surface area contributed by atoms with Gasteiger partial charge in [-0.15, -0.1) is 0 Å². The van der Waals surface area contributed by atoms with Crippen molar-refractivity contribution >= 4 is 26.9 Å². The molecule has 4 heteroatoms. The first kappa shape index (κ1) is 21.2. The highest BCUT2D eigenvalue weighted by Crippen LogP contribution is 2.23. The lowest BCUT2D eigenvalue weighted by Crippen LogP contribution is -1.84. The first-order chi connectivity index (χ1) is 10.3. The third-order valence-electron chi connectivity index (χ3n) is 3.71. The number of rotatable bonds is 16. The molecule has 0 rings (SSSR count). The van der Waals surface area contributed by atoms with Crippen molar-refractivity contribution in [2.45, 2.75) is 96.8 Å². The normalized spacial score (nSPS) is 10.9. The van der Waals surface area contributed by atoms with Gasteiger partial charge in [-0.1, -0.05) is 101 Å². The van der Waals surface area contributed by atoms with Gasteiger partial charge in [0.1, 0.15) is 0 Å². The van der Waals surface area contributed by atoms with Crippen molar-refractivity contribution < 1.29 is 9.90 Å². The number of carbonyl (C=O) groups is 1. The summed E-state index contributed by atoms with van der Waals surface area (Å²) in [4.78, 5) is 10.3. The molecule has 21 heavy (non-hydrogen) atoms. The molecule has 0 amide bonds. The predicted molar refractivity (Wildman–Crippen MR) is 98.4 cm³/mol. The van der Waals surface area contributed by atoms with Crippen LogP contribution in [0.15, 0.2) is 0 Å². The van der Waals surface area contributed by atoms with E-state index in [9.17, 15) is 4.79 Å². The van der Waals surface area contributed by atoms with Gasteiger partial charge in [0.25, 0.3) is 0 Å². The highest BCUT2D eigenvalue weighted by atomic mass is 33.1. The SMILES string of the molecule is CCCCCCCCCCCCCCCCSSC(=O)O. The summed E-state index contributed by atoms with van der Waals surface area (Å²) in [6.07, 6.45) is 19.2. The van der Waals surface area contributed by atoms with Gasteiger partial charge in [-0.25, -0.2) is 4.79 Å². The lowest BCUT2D eigenvalue weighted by atomic mass is 10.0. The molecule has 1 N–H and O–H groups in total. The van der Waals surface area contributed by atoms with Crippen molar-refractivity contribution in [2.75, 3.05) is 5.75 Å². The summed E-state index contributed by atoms with van der Waals surface area (Å²) in [5.74, 6) is 0.967. The van der Waals surface area contributed by atoms with Gasteiger partial charge in [0.2, 0.25) is 0 Å². The van der Waals surface area contributed by atoms with Gasteiger partial charge in [0.15, 0.2) is 0 Å². The molecule has 0 aliphatic carbocycles. The maximum Gasteiger partial charge on any atom is 0.375 e. The standard InChI is InChI=1S/C17H34O2S2/c1-2-3-4-5-6-7-8-9-10-11-12-13-14-15-16-20-21-17(18)19/h2-16H2,1H3,(H,18,19). The first-order valence-corrected chi connectivity index (χ1v) is 11.1. The zero-order valence-corrected chi connectivity index (χ0v) is 15.4. The number of carboxylic acid groups (broad SMARTS) is 1. The van der Waals surface area contributed by atoms with E-state index < -0.39 is 5.30 Å². The van der Waals surface area contributed by atoms with Crippen molar-refractivity contribution in [2.24, 2.45) is 0 Å². The average Bonchev–Trinajstić information content (AvgIpc) is 2.46. The average molecular weight is 335 g/mol. The van der Waals surface area contributed by atoms with Crippen LogP contribution in [0.4, 0.5) is 4.79 Å². The van der Waals surface area contributed by atoms with E-state index in [0.29, 0.717) is 0 Å². The molecule has 0 fully saturated rings. The van der Waals surface area contributed by atoms with Crippen LogP contribution in [0.25, 0.3) is 0 Å². The molecule has 0 unspecified atom stereocenters. The molecule has 0 heterocycles. The van der Waals surface area contributed by atoms with Crippen LogP contribution in [0.1, 0.15) is 96.8 Å². The molecule has 0 aliphatic rings. The summed E-state index contributed by atoms with van der Waals surface area (Å²) in [5.41, 5.74) is 0. The van der Waals surface area contributed by atoms with Crippen molar-refractivity contribution in [3.05, 3.63) is 0 Å². The van der Waals surface area contributed by atoms with Crippen LogP contribution in [0, 0.1) is 0 Å². The van der Waals surface area contributed by atoms with Gasteiger partial charge in [-0.3, -0.25) is 0 Å². The Balaban J connectivity index is 2.95. The van der Waals surface area contributed by atoms with Gasteiger partial charge in [0, 0.05) is 16.5 Å². The molecule has 0 aromatic rings. The Hall–Kier alpha value is 0.170. The second-order valence-corrected chi connectivity index (χ2v) is 8.13. The Bertz CT molecular complexity index is 223. The van der Waals surface area contributed by atoms with E-state index in [1.807, 2.05) is 0 Å². The van der Waals surface area contributed by atoms with Gasteiger partial charge in [-0.2, -0.15) is 0 Å². The third-order valence-corrected chi connectivity index (χ3v) is 5.71. The number of hydrogen-bond acceptors (Lipinski definition) is 3. The third kappa shape index (κ3) is 20.2. The molecule has 0 aliphatic heterocycles. The van der Waals surface area contributed by atoms with Crippen molar-refractivity contribution in [1.29, 1.82) is 0 Å². The van der Waals surface area contributed by atoms with Crippen molar-refractivity contribution in [1.82, 2.24) is 0 Å². The van der Waals surface area contributed by atoms with E-state index in [-0.39, 0.29) is 0 Å². The molecule has 0 atom stereocenters. The van der Waals surface area contributed by atoms with E-state index in [1.165, 1.54) is 94.3 Å². The van der Waals surface area contributed by atoms with Gasteiger partial charge in [-0.05, 0) is 6.42 Å². The monoisotopic (exact) mass is 334 g/mol. The van der Waals surface area contributed by atoms with Crippen molar-refractivity contribution in [3.8, 4) is 0 Å². The first-order valence-electron chi connectivity index (χ1n) is 8.79. The largest absolute Gasteiger partial charge is 0.473 e. The zero-order chi connectivity index (χ0) is 15.6. The van der Waals surface area contributed by atoms with Gasteiger partial charge >= 0.3 is 5.30 Å². The van der Waals surface area contributed by atoms with Crippen LogP contribution in [0.5, 0.6) is 0 Å². The molecule has 0 aromatic carbocycles. The molecular formula is C17H34O2S2. The van der Waals surface area contributed by atoms with Crippen molar-refractivity contribution in [3.63, 3.8) is 0 Å². The fraction of sp³-hybridized carbons (Fsp3) is 0.941. The number of hydrogen-bond donors (Lipinski definition) is 1. The quantitative estimate of drug-likeness (QED) is 0.234. The van der Waals surface area contributed by atoms with Crippen LogP contribution in [-0.4, -0.2) is 16.2 Å². The minimum atomic E-state index is -0.773. The molecule has 0 saturated heterocycles. The Kier molecular flexibility index (Phi) is 18.4. The van der Waals surface area contributed by atoms with Crippen LogP contribution < -0.4 is 0 Å². The second kappa shape index (κ2) is 18.2. The smallest absolute Gasteiger partial charge is 0.375 e. The van der Waals surface area contributed by atoms with E-state index in [2.05, 4.69) is 6.92 Å². The Morgan fingerprint density at radius 2 is 1.10 bits per heavy atom. The lowest BCUT2D eigenvalue weighted by molar-refractivity contribution is 0.222. The molecule has 0 bridgehead atoms. The molecule has 0 saturated carbocycles. The van der Waals surface area contributed by atoms with E-state index >= 15 is 0 Å². The van der Waals surface area contributed by atoms with Crippen LogP contribution in [-0.2, 0) is 0 Å². The minimum absolute atomic E-state index is 0.773. The maximum absolute atomic E-state index is 10.3. The summed E-state index contributed by atoms with van der Waals surface area (Å²) in [6.45, 7) is 2.27. The topological polar surface area (TPSA) is 37.3 Å². The van der Waals surface area contributed by atoms with Gasteiger partial charge < -0.3 is 5.11 Å². The summed E-state index contributed by atoms with van der Waals surface area (Å²) in [7, 11) is 2.41. The summed E-state index contributed by atoms with van der Waals surface area (Å²) in [5, 5.41) is 7.70. The summed E-state index contributed by atoms with van der Waals surface area (Å²) in [6, 6.07) is 0.